The maximum absolute atomic E-state index is 10.4. The third-order valence-electron chi connectivity index (χ3n) is 2.51. The largest absolute Gasteiger partial charge is 0.480 e. The van der Waals surface area contributed by atoms with Gasteiger partial charge in [0, 0.05) is 5.70 Å². The lowest BCUT2D eigenvalue weighted by Gasteiger charge is -2.07. The van der Waals surface area contributed by atoms with Crippen LogP contribution in [0.4, 0.5) is 0 Å². The van der Waals surface area contributed by atoms with Crippen molar-refractivity contribution < 1.29 is 9.90 Å². The average molecular weight is 197 g/mol. The maximum Gasteiger partial charge on any atom is 0.322 e. The molecule has 1 aliphatic carbocycles. The maximum atomic E-state index is 10.4. The highest BCUT2D eigenvalue weighted by atomic mass is 16.4. The van der Waals surface area contributed by atoms with Gasteiger partial charge in [0.2, 0.25) is 0 Å². The molecule has 3 nitrogen and oxygen atoms in total. The first-order valence-electron chi connectivity index (χ1n) is 5.44. The zero-order valence-electron chi connectivity index (χ0n) is 8.59. The first-order valence-corrected chi connectivity index (χ1v) is 5.44. The smallest absolute Gasteiger partial charge is 0.322 e. The molecule has 0 saturated carbocycles. The van der Waals surface area contributed by atoms with E-state index in [4.69, 9.17) is 5.11 Å². The number of rotatable bonds is 3. The Balaban J connectivity index is 2.33. The molecule has 0 aromatic rings. The number of aliphatic carboxylic acids is 1. The second kappa shape index (κ2) is 6.46. The van der Waals surface area contributed by atoms with Crippen LogP contribution in [-0.2, 0) is 4.79 Å². The Hall–Kier alpha value is -0.990. The molecule has 0 spiro atoms. The van der Waals surface area contributed by atoms with Crippen molar-refractivity contribution in [2.24, 2.45) is 0 Å². The summed E-state index contributed by atoms with van der Waals surface area (Å²) in [6.07, 6.45) is 10.6. The Bertz CT molecular complexity index is 211. The van der Waals surface area contributed by atoms with Gasteiger partial charge in [0.1, 0.15) is 6.54 Å². The van der Waals surface area contributed by atoms with Crippen LogP contribution < -0.4 is 5.32 Å². The van der Waals surface area contributed by atoms with Gasteiger partial charge in [0.25, 0.3) is 0 Å². The number of carboxylic acid groups (broad SMARTS) is 1. The SMILES string of the molecule is O=C(O)CN/C1=C/CCCCCCC1. The van der Waals surface area contributed by atoms with Gasteiger partial charge in [0.05, 0.1) is 0 Å². The summed E-state index contributed by atoms with van der Waals surface area (Å²) >= 11 is 0. The molecule has 1 aliphatic rings. The van der Waals surface area contributed by atoms with Crippen molar-refractivity contribution in [1.29, 1.82) is 0 Å². The van der Waals surface area contributed by atoms with E-state index in [0.29, 0.717) is 0 Å². The van der Waals surface area contributed by atoms with Gasteiger partial charge in [-0.25, -0.2) is 0 Å². The number of hydrogen-bond acceptors (Lipinski definition) is 2. The molecule has 14 heavy (non-hydrogen) atoms. The lowest BCUT2D eigenvalue weighted by Crippen LogP contribution is -2.21. The number of carbonyl (C=O) groups is 1. The molecule has 0 heterocycles. The lowest BCUT2D eigenvalue weighted by molar-refractivity contribution is -0.135. The molecule has 0 aromatic carbocycles. The van der Waals surface area contributed by atoms with Crippen LogP contribution in [-0.4, -0.2) is 17.6 Å². The Morgan fingerprint density at radius 2 is 2.00 bits per heavy atom. The van der Waals surface area contributed by atoms with Crippen LogP contribution in [0.25, 0.3) is 0 Å². The molecule has 0 aliphatic heterocycles. The van der Waals surface area contributed by atoms with Crippen LogP contribution in [0.15, 0.2) is 11.8 Å². The highest BCUT2D eigenvalue weighted by molar-refractivity contribution is 5.69. The fraction of sp³-hybridized carbons (Fsp3) is 0.727. The second-order valence-corrected chi connectivity index (χ2v) is 3.78. The van der Waals surface area contributed by atoms with Gasteiger partial charge in [-0.3, -0.25) is 4.79 Å². The van der Waals surface area contributed by atoms with E-state index in [0.717, 1.165) is 18.5 Å². The molecule has 1 rings (SSSR count). The van der Waals surface area contributed by atoms with E-state index >= 15 is 0 Å². The molecular weight excluding hydrogens is 178 g/mol. The van der Waals surface area contributed by atoms with Gasteiger partial charge >= 0.3 is 5.97 Å². The van der Waals surface area contributed by atoms with Crippen molar-refractivity contribution in [2.75, 3.05) is 6.54 Å². The van der Waals surface area contributed by atoms with E-state index in [2.05, 4.69) is 11.4 Å². The van der Waals surface area contributed by atoms with Gasteiger partial charge in [-0.05, 0) is 25.7 Å². The van der Waals surface area contributed by atoms with Gasteiger partial charge in [-0.1, -0.05) is 25.3 Å². The fourth-order valence-corrected chi connectivity index (χ4v) is 1.72. The monoisotopic (exact) mass is 197 g/mol. The Morgan fingerprint density at radius 3 is 2.79 bits per heavy atom. The van der Waals surface area contributed by atoms with Crippen LogP contribution in [0.1, 0.15) is 44.9 Å². The van der Waals surface area contributed by atoms with Crippen molar-refractivity contribution >= 4 is 5.97 Å². The number of nitrogens with one attached hydrogen (secondary N) is 1. The zero-order valence-corrected chi connectivity index (χ0v) is 8.59. The molecule has 0 bridgehead atoms. The van der Waals surface area contributed by atoms with Crippen molar-refractivity contribution in [3.8, 4) is 0 Å². The molecule has 0 aromatic heterocycles. The van der Waals surface area contributed by atoms with Crippen molar-refractivity contribution in [3.63, 3.8) is 0 Å². The Kier molecular flexibility index (Phi) is 5.12. The van der Waals surface area contributed by atoms with Crippen LogP contribution in [0.2, 0.25) is 0 Å². The molecule has 0 radical (unpaired) electrons. The summed E-state index contributed by atoms with van der Waals surface area (Å²) in [5.74, 6) is -0.786. The van der Waals surface area contributed by atoms with Crippen LogP contribution in [0, 0.1) is 0 Å². The number of carboxylic acids is 1. The summed E-state index contributed by atoms with van der Waals surface area (Å²) in [6, 6.07) is 0. The van der Waals surface area contributed by atoms with Crippen molar-refractivity contribution in [3.05, 3.63) is 11.8 Å². The fourth-order valence-electron chi connectivity index (χ4n) is 1.72. The van der Waals surface area contributed by atoms with E-state index in [1.165, 1.54) is 32.1 Å². The highest BCUT2D eigenvalue weighted by Crippen LogP contribution is 2.14. The topological polar surface area (TPSA) is 49.3 Å². The average Bonchev–Trinajstić information content (AvgIpc) is 2.27. The summed E-state index contributed by atoms with van der Waals surface area (Å²) in [7, 11) is 0. The van der Waals surface area contributed by atoms with E-state index in [1.807, 2.05) is 0 Å². The van der Waals surface area contributed by atoms with Crippen molar-refractivity contribution in [1.82, 2.24) is 5.32 Å². The van der Waals surface area contributed by atoms with Crippen LogP contribution in [0.3, 0.4) is 0 Å². The minimum Gasteiger partial charge on any atom is -0.480 e. The summed E-state index contributed by atoms with van der Waals surface area (Å²) in [5, 5.41) is 11.5. The predicted molar refractivity (Wildman–Crippen MR) is 56.0 cm³/mol. The van der Waals surface area contributed by atoms with E-state index in [9.17, 15) is 4.79 Å². The molecule has 0 fully saturated rings. The molecule has 0 amide bonds. The van der Waals surface area contributed by atoms with E-state index < -0.39 is 5.97 Å². The van der Waals surface area contributed by atoms with Gasteiger partial charge in [0.15, 0.2) is 0 Å². The third-order valence-corrected chi connectivity index (χ3v) is 2.51. The zero-order chi connectivity index (χ0) is 10.2. The molecule has 0 unspecified atom stereocenters. The lowest BCUT2D eigenvalue weighted by atomic mass is 10.1. The van der Waals surface area contributed by atoms with Crippen molar-refractivity contribution in [2.45, 2.75) is 44.9 Å². The molecule has 80 valence electrons. The number of hydrogen-bond donors (Lipinski definition) is 2. The first kappa shape index (κ1) is 11.1. The van der Waals surface area contributed by atoms with E-state index in [1.54, 1.807) is 0 Å². The molecule has 2 N–H and O–H groups in total. The second-order valence-electron chi connectivity index (χ2n) is 3.78. The van der Waals surface area contributed by atoms with E-state index in [-0.39, 0.29) is 6.54 Å². The standard InChI is InChI=1S/C11H19NO2/c13-11(14)9-12-10-7-5-3-1-2-4-6-8-10/h7,12H,1-6,8-9H2,(H,13,14)/b10-7+. The molecule has 3 heteroatoms. The van der Waals surface area contributed by atoms with Gasteiger partial charge < -0.3 is 10.4 Å². The third kappa shape index (κ3) is 4.90. The first-order chi connectivity index (χ1) is 6.79. The summed E-state index contributed by atoms with van der Waals surface area (Å²) < 4.78 is 0. The number of allylic oxidation sites excluding steroid dienone is 2. The summed E-state index contributed by atoms with van der Waals surface area (Å²) in [4.78, 5) is 10.4. The minimum atomic E-state index is -0.786. The Labute approximate surface area is 85.2 Å². The molecular formula is C11H19NO2. The predicted octanol–water partition coefficient (Wildman–Crippen LogP) is 2.29. The summed E-state index contributed by atoms with van der Waals surface area (Å²) in [6.45, 7) is 0.0475. The minimum absolute atomic E-state index is 0.0475. The van der Waals surface area contributed by atoms with Crippen LogP contribution in [0.5, 0.6) is 0 Å². The molecule has 0 saturated heterocycles. The normalized spacial score (nSPS) is 22.4. The van der Waals surface area contributed by atoms with Gasteiger partial charge in [-0.2, -0.15) is 0 Å². The van der Waals surface area contributed by atoms with Crippen LogP contribution >= 0.6 is 0 Å². The quantitative estimate of drug-likeness (QED) is 0.729. The molecule has 0 atom stereocenters. The Morgan fingerprint density at radius 1 is 1.29 bits per heavy atom. The highest BCUT2D eigenvalue weighted by Gasteiger charge is 2.02. The summed E-state index contributed by atoms with van der Waals surface area (Å²) in [5.41, 5.74) is 1.12. The van der Waals surface area contributed by atoms with Gasteiger partial charge in [-0.15, -0.1) is 0 Å².